The van der Waals surface area contributed by atoms with E-state index in [4.69, 9.17) is 4.98 Å². The van der Waals surface area contributed by atoms with Crippen molar-refractivity contribution in [3.63, 3.8) is 0 Å². The van der Waals surface area contributed by atoms with Crippen molar-refractivity contribution in [3.8, 4) is 17.1 Å². The maximum Gasteiger partial charge on any atom is 0.113 e. The van der Waals surface area contributed by atoms with Gasteiger partial charge in [0, 0.05) is 25.5 Å². The predicted molar refractivity (Wildman–Crippen MR) is 119 cm³/mol. The van der Waals surface area contributed by atoms with Crippen molar-refractivity contribution in [2.24, 2.45) is 4.99 Å². The highest BCUT2D eigenvalue weighted by Gasteiger charge is 2.23. The fourth-order valence-electron chi connectivity index (χ4n) is 4.29. The highest BCUT2D eigenvalue weighted by Crippen LogP contribution is 2.33. The van der Waals surface area contributed by atoms with Gasteiger partial charge in [-0.25, -0.2) is 4.98 Å². The summed E-state index contributed by atoms with van der Waals surface area (Å²) in [5.41, 5.74) is 7.96. The molecule has 0 amide bonds. The smallest absolute Gasteiger partial charge is 0.113 e. The third-order valence-corrected chi connectivity index (χ3v) is 5.83. The minimum atomic E-state index is 0.919. The number of rotatable bonds is 2. The average molecular weight is 380 g/mol. The van der Waals surface area contributed by atoms with Crippen molar-refractivity contribution in [2.75, 3.05) is 14.1 Å². The first-order chi connectivity index (χ1) is 14.2. The van der Waals surface area contributed by atoms with Crippen LogP contribution in [0.25, 0.3) is 33.9 Å². The number of nitrogens with one attached hydrogen (secondary N) is 1. The second kappa shape index (κ2) is 6.89. The van der Waals surface area contributed by atoms with Gasteiger partial charge in [-0.05, 0) is 60.4 Å². The van der Waals surface area contributed by atoms with E-state index in [1.807, 2.05) is 14.1 Å². The molecule has 0 radical (unpaired) electrons. The largest absolute Gasteiger partial charge is 0.391 e. The number of nitrogens with zero attached hydrogens (tertiary/aromatic N) is 3. The molecule has 144 valence electrons. The Hall–Kier alpha value is -3.40. The first-order valence-electron chi connectivity index (χ1n) is 10.0. The Kier molecular flexibility index (Phi) is 4.20. The molecule has 5 rings (SSSR count). The van der Waals surface area contributed by atoms with Crippen molar-refractivity contribution in [1.82, 2.24) is 14.9 Å². The molecular formula is C25H24N4. The van der Waals surface area contributed by atoms with Crippen molar-refractivity contribution in [2.45, 2.75) is 19.8 Å². The highest BCUT2D eigenvalue weighted by atomic mass is 15.0. The van der Waals surface area contributed by atoms with Crippen LogP contribution in [-0.4, -0.2) is 23.6 Å². The van der Waals surface area contributed by atoms with E-state index in [1.165, 1.54) is 22.0 Å². The van der Waals surface area contributed by atoms with Crippen LogP contribution >= 0.6 is 0 Å². The van der Waals surface area contributed by atoms with Gasteiger partial charge in [-0.3, -0.25) is 4.99 Å². The van der Waals surface area contributed by atoms with Gasteiger partial charge in [0.1, 0.15) is 5.69 Å². The van der Waals surface area contributed by atoms with Crippen LogP contribution in [0.4, 0.5) is 0 Å². The molecule has 1 N–H and O–H groups in total. The molecule has 2 aromatic rings. The summed E-state index contributed by atoms with van der Waals surface area (Å²) in [4.78, 5) is 9.58. The lowest BCUT2D eigenvalue weighted by Gasteiger charge is -2.26. The summed E-state index contributed by atoms with van der Waals surface area (Å²) < 4.78 is 2.37. The van der Waals surface area contributed by atoms with E-state index in [1.54, 1.807) is 0 Å². The Balaban J connectivity index is 1.92. The maximum absolute atomic E-state index is 5.08. The van der Waals surface area contributed by atoms with E-state index in [2.05, 4.69) is 82.5 Å². The van der Waals surface area contributed by atoms with Crippen LogP contribution in [0.3, 0.4) is 0 Å². The molecule has 0 fully saturated rings. The molecule has 29 heavy (non-hydrogen) atoms. The first-order valence-corrected chi connectivity index (χ1v) is 10.0. The maximum atomic E-state index is 5.08. The quantitative estimate of drug-likeness (QED) is 0.557. The van der Waals surface area contributed by atoms with Crippen LogP contribution < -0.4 is 10.7 Å². The lowest BCUT2D eigenvalue weighted by Crippen LogP contribution is -2.23. The Morgan fingerprint density at radius 3 is 2.62 bits per heavy atom. The van der Waals surface area contributed by atoms with Crippen LogP contribution in [0.2, 0.25) is 0 Å². The van der Waals surface area contributed by atoms with Crippen LogP contribution in [0, 0.1) is 6.92 Å². The molecule has 0 atom stereocenters. The second-order valence-corrected chi connectivity index (χ2v) is 7.55. The molecule has 0 bridgehead atoms. The van der Waals surface area contributed by atoms with Gasteiger partial charge in [0.15, 0.2) is 0 Å². The Morgan fingerprint density at radius 1 is 1.00 bits per heavy atom. The first kappa shape index (κ1) is 17.7. The summed E-state index contributed by atoms with van der Waals surface area (Å²) >= 11 is 0. The van der Waals surface area contributed by atoms with E-state index in [-0.39, 0.29) is 0 Å². The lowest BCUT2D eigenvalue weighted by atomic mass is 9.99. The second-order valence-electron chi connectivity index (χ2n) is 7.55. The van der Waals surface area contributed by atoms with E-state index < -0.39 is 0 Å². The summed E-state index contributed by atoms with van der Waals surface area (Å²) in [6.45, 7) is 2.15. The standard InChI is InChI=1S/C25H24N4/c1-16-8-12-22(27-3)24-25(16)29(23-15-19(26-2)10-13-21(23)28-24)20-11-9-17-6-4-5-7-18(17)14-20/h4-9,11-12,14-15,26H,10,13H2,1-3H3. The number of hydrogen-bond acceptors (Lipinski definition) is 3. The van der Waals surface area contributed by atoms with Crippen LogP contribution in [-0.2, 0) is 6.42 Å². The van der Waals surface area contributed by atoms with Crippen LogP contribution in [0.15, 0.2) is 65.3 Å². The lowest BCUT2D eigenvalue weighted by molar-refractivity contribution is 0.782. The average Bonchev–Trinajstić information content (AvgIpc) is 2.77. The molecule has 0 spiro atoms. The number of fused-ring (bicyclic) bond motifs is 3. The SMILES string of the molecule is CN=c1ccc(C)c2n(-c3ccc4ccccc4c3)c3c(nc1-2)CCC(NC)=C3. The number of aryl methyl sites for hydroxylation is 2. The molecular weight excluding hydrogens is 356 g/mol. The molecule has 0 aromatic heterocycles. The zero-order chi connectivity index (χ0) is 20.0. The fraction of sp³-hybridized carbons (Fsp3) is 0.200. The third kappa shape index (κ3) is 2.83. The van der Waals surface area contributed by atoms with Gasteiger partial charge in [-0.1, -0.05) is 36.4 Å². The predicted octanol–water partition coefficient (Wildman–Crippen LogP) is 4.48. The van der Waals surface area contributed by atoms with E-state index in [0.717, 1.165) is 46.7 Å². The molecule has 3 aliphatic rings. The Labute approximate surface area is 170 Å². The molecule has 4 nitrogen and oxygen atoms in total. The summed E-state index contributed by atoms with van der Waals surface area (Å²) in [6.07, 6.45) is 4.14. The molecule has 0 saturated heterocycles. The molecule has 1 aliphatic heterocycles. The van der Waals surface area contributed by atoms with Gasteiger partial charge in [0.05, 0.1) is 22.4 Å². The van der Waals surface area contributed by atoms with Crippen molar-refractivity contribution < 1.29 is 0 Å². The van der Waals surface area contributed by atoms with E-state index >= 15 is 0 Å². The Bertz CT molecular complexity index is 1310. The zero-order valence-corrected chi connectivity index (χ0v) is 17.0. The highest BCUT2D eigenvalue weighted by molar-refractivity contribution is 5.85. The molecule has 1 heterocycles. The van der Waals surface area contributed by atoms with Crippen LogP contribution in [0.1, 0.15) is 23.4 Å². The van der Waals surface area contributed by atoms with Gasteiger partial charge >= 0.3 is 0 Å². The number of benzene rings is 3. The van der Waals surface area contributed by atoms with Crippen molar-refractivity contribution in [3.05, 3.63) is 82.6 Å². The van der Waals surface area contributed by atoms with E-state index in [9.17, 15) is 0 Å². The minimum Gasteiger partial charge on any atom is -0.391 e. The summed E-state index contributed by atoms with van der Waals surface area (Å²) in [5, 5.41) is 6.76. The summed E-state index contributed by atoms with van der Waals surface area (Å²) in [6, 6.07) is 19.4. The number of hydrogen-bond donors (Lipinski definition) is 1. The van der Waals surface area contributed by atoms with Crippen molar-refractivity contribution in [1.29, 1.82) is 0 Å². The van der Waals surface area contributed by atoms with Crippen LogP contribution in [0.5, 0.6) is 0 Å². The van der Waals surface area contributed by atoms with Gasteiger partial charge in [-0.15, -0.1) is 0 Å². The number of aromatic nitrogens is 2. The van der Waals surface area contributed by atoms with Gasteiger partial charge in [0.2, 0.25) is 0 Å². The van der Waals surface area contributed by atoms with E-state index in [0.29, 0.717) is 0 Å². The fourth-order valence-corrected chi connectivity index (χ4v) is 4.29. The summed E-state index contributed by atoms with van der Waals surface area (Å²) in [5.74, 6) is 0. The van der Waals surface area contributed by atoms with Gasteiger partial charge in [0.25, 0.3) is 0 Å². The van der Waals surface area contributed by atoms with Gasteiger partial charge < -0.3 is 9.88 Å². The Morgan fingerprint density at radius 2 is 1.83 bits per heavy atom. The minimum absolute atomic E-state index is 0.919. The van der Waals surface area contributed by atoms with Gasteiger partial charge in [-0.2, -0.15) is 0 Å². The molecule has 0 saturated carbocycles. The topological polar surface area (TPSA) is 42.2 Å². The van der Waals surface area contributed by atoms with Crippen molar-refractivity contribution >= 4 is 16.8 Å². The number of allylic oxidation sites excluding steroid dienone is 1. The summed E-state index contributed by atoms with van der Waals surface area (Å²) in [7, 11) is 3.83. The molecule has 4 heteroatoms. The molecule has 2 aromatic carbocycles. The normalized spacial score (nSPS) is 14.2. The zero-order valence-electron chi connectivity index (χ0n) is 17.0. The monoisotopic (exact) mass is 380 g/mol. The third-order valence-electron chi connectivity index (χ3n) is 5.83. The molecule has 0 unspecified atom stereocenters. The molecule has 2 aliphatic carbocycles.